The molecular weight excluding hydrogens is 425 g/mol. The van der Waals surface area contributed by atoms with Crippen LogP contribution in [0.3, 0.4) is 0 Å². The van der Waals surface area contributed by atoms with E-state index in [0.717, 1.165) is 11.4 Å². The Morgan fingerprint density at radius 1 is 1.03 bits per heavy atom. The lowest BCUT2D eigenvalue weighted by atomic mass is 10.1. The molecule has 8 nitrogen and oxygen atoms in total. The minimum absolute atomic E-state index is 0.109. The molecule has 2 aliphatic heterocycles. The summed E-state index contributed by atoms with van der Waals surface area (Å²) in [6.45, 7) is 1.66. The molecule has 0 unspecified atom stereocenters. The number of hydrogen-bond donors (Lipinski definition) is 0. The molecule has 0 N–H and O–H groups in total. The SMILES string of the molecule is COc1cc(-c2ccc3c(n2)CN(c2ccc(N4CCC(F)CC4)nc2)C3=O)cnc1OC. The Kier molecular flexibility index (Phi) is 5.53. The third kappa shape index (κ3) is 3.94. The number of fused-ring (bicyclic) bond motifs is 1. The van der Waals surface area contributed by atoms with Crippen LogP contribution in [0, 0.1) is 0 Å². The van der Waals surface area contributed by atoms with Gasteiger partial charge in [-0.1, -0.05) is 0 Å². The zero-order valence-corrected chi connectivity index (χ0v) is 18.5. The standard InChI is InChI=1S/C24H24FN5O3/c1-32-21-11-15(12-27-23(21)33-2)19-5-4-18-20(28-19)14-30(24(18)31)17-3-6-22(26-13-17)29-9-7-16(25)8-10-29/h3-6,11-13,16H,7-10,14H2,1-2H3. The first-order valence-corrected chi connectivity index (χ1v) is 10.8. The number of carbonyl (C=O) groups is 1. The number of amides is 1. The minimum atomic E-state index is -0.728. The predicted octanol–water partition coefficient (Wildman–Crippen LogP) is 3.65. The van der Waals surface area contributed by atoms with Crippen molar-refractivity contribution in [1.29, 1.82) is 0 Å². The molecule has 0 aliphatic carbocycles. The summed E-state index contributed by atoms with van der Waals surface area (Å²) in [6.07, 6.45) is 3.67. The van der Waals surface area contributed by atoms with Gasteiger partial charge in [0, 0.05) is 24.8 Å². The summed E-state index contributed by atoms with van der Waals surface area (Å²) in [5.74, 6) is 1.60. The van der Waals surface area contributed by atoms with E-state index in [4.69, 9.17) is 14.5 Å². The summed E-state index contributed by atoms with van der Waals surface area (Å²) in [5, 5.41) is 0. The average molecular weight is 449 g/mol. The van der Waals surface area contributed by atoms with Gasteiger partial charge in [0.05, 0.1) is 49.6 Å². The largest absolute Gasteiger partial charge is 0.491 e. The van der Waals surface area contributed by atoms with Crippen LogP contribution < -0.4 is 19.3 Å². The van der Waals surface area contributed by atoms with E-state index in [1.807, 2.05) is 18.2 Å². The van der Waals surface area contributed by atoms with Crippen molar-refractivity contribution < 1.29 is 18.7 Å². The highest BCUT2D eigenvalue weighted by atomic mass is 19.1. The molecule has 0 bridgehead atoms. The first kappa shape index (κ1) is 21.1. The second kappa shape index (κ2) is 8.65. The topological polar surface area (TPSA) is 80.7 Å². The summed E-state index contributed by atoms with van der Waals surface area (Å²) in [6, 6.07) is 9.17. The summed E-state index contributed by atoms with van der Waals surface area (Å²) in [4.78, 5) is 30.3. The molecule has 0 spiro atoms. The van der Waals surface area contributed by atoms with Crippen molar-refractivity contribution in [2.45, 2.75) is 25.6 Å². The predicted molar refractivity (Wildman–Crippen MR) is 122 cm³/mol. The van der Waals surface area contributed by atoms with Gasteiger partial charge in [0.15, 0.2) is 5.75 Å². The van der Waals surface area contributed by atoms with Crippen molar-refractivity contribution in [2.75, 3.05) is 37.1 Å². The first-order chi connectivity index (χ1) is 16.1. The van der Waals surface area contributed by atoms with Crippen LogP contribution in [-0.2, 0) is 6.54 Å². The van der Waals surface area contributed by atoms with Gasteiger partial charge in [0.1, 0.15) is 12.0 Å². The van der Waals surface area contributed by atoms with Gasteiger partial charge in [-0.05, 0) is 43.2 Å². The Morgan fingerprint density at radius 2 is 1.85 bits per heavy atom. The van der Waals surface area contributed by atoms with Crippen LogP contribution in [0.25, 0.3) is 11.3 Å². The fourth-order valence-electron chi connectivity index (χ4n) is 4.23. The molecule has 2 aliphatic rings. The molecule has 1 fully saturated rings. The molecular formula is C24H24FN5O3. The number of carbonyl (C=O) groups excluding carboxylic acids is 1. The van der Waals surface area contributed by atoms with Gasteiger partial charge >= 0.3 is 0 Å². The second-order valence-electron chi connectivity index (χ2n) is 8.05. The van der Waals surface area contributed by atoms with E-state index in [9.17, 15) is 9.18 Å². The number of methoxy groups -OCH3 is 2. The van der Waals surface area contributed by atoms with Gasteiger partial charge in [-0.2, -0.15) is 0 Å². The highest BCUT2D eigenvalue weighted by Gasteiger charge is 2.30. The van der Waals surface area contributed by atoms with Crippen molar-refractivity contribution in [1.82, 2.24) is 15.0 Å². The molecule has 3 aromatic heterocycles. The van der Waals surface area contributed by atoms with E-state index < -0.39 is 6.17 Å². The number of hydrogen-bond acceptors (Lipinski definition) is 7. The number of piperidine rings is 1. The number of halogens is 1. The number of pyridine rings is 3. The van der Waals surface area contributed by atoms with E-state index in [0.29, 0.717) is 66.7 Å². The Bertz CT molecular complexity index is 1180. The molecule has 5 heterocycles. The summed E-state index contributed by atoms with van der Waals surface area (Å²) < 4.78 is 23.9. The van der Waals surface area contributed by atoms with Crippen LogP contribution in [0.2, 0.25) is 0 Å². The van der Waals surface area contributed by atoms with Crippen molar-refractivity contribution >= 4 is 17.4 Å². The first-order valence-electron chi connectivity index (χ1n) is 10.8. The highest BCUT2D eigenvalue weighted by molar-refractivity contribution is 6.09. The van der Waals surface area contributed by atoms with Crippen molar-refractivity contribution in [2.24, 2.45) is 0 Å². The summed E-state index contributed by atoms with van der Waals surface area (Å²) in [7, 11) is 3.09. The highest BCUT2D eigenvalue weighted by Crippen LogP contribution is 2.32. The summed E-state index contributed by atoms with van der Waals surface area (Å²) in [5.41, 5.74) is 3.44. The van der Waals surface area contributed by atoms with Gasteiger partial charge in [0.2, 0.25) is 0 Å². The quantitative estimate of drug-likeness (QED) is 0.588. The van der Waals surface area contributed by atoms with E-state index in [1.54, 1.807) is 36.5 Å². The van der Waals surface area contributed by atoms with Crippen LogP contribution in [0.4, 0.5) is 15.9 Å². The number of nitrogens with zero attached hydrogens (tertiary/aromatic N) is 5. The lowest BCUT2D eigenvalue weighted by Gasteiger charge is -2.29. The molecule has 3 aromatic rings. The van der Waals surface area contributed by atoms with Gasteiger partial charge in [-0.3, -0.25) is 9.78 Å². The number of ether oxygens (including phenoxy) is 2. The fourth-order valence-corrected chi connectivity index (χ4v) is 4.23. The van der Waals surface area contributed by atoms with E-state index in [1.165, 1.54) is 7.11 Å². The maximum absolute atomic E-state index is 13.4. The van der Waals surface area contributed by atoms with Crippen molar-refractivity contribution in [3.63, 3.8) is 0 Å². The third-order valence-corrected chi connectivity index (χ3v) is 6.08. The molecule has 0 atom stereocenters. The zero-order chi connectivity index (χ0) is 22.9. The van der Waals surface area contributed by atoms with E-state index in [-0.39, 0.29) is 5.91 Å². The molecule has 0 radical (unpaired) electrons. The van der Waals surface area contributed by atoms with Gasteiger partial charge in [-0.25, -0.2) is 14.4 Å². The maximum Gasteiger partial charge on any atom is 0.260 e. The number of alkyl halides is 1. The normalized spacial score (nSPS) is 16.2. The third-order valence-electron chi connectivity index (χ3n) is 6.08. The Morgan fingerprint density at radius 3 is 2.55 bits per heavy atom. The molecule has 9 heteroatoms. The van der Waals surface area contributed by atoms with Crippen LogP contribution in [0.15, 0.2) is 42.7 Å². The van der Waals surface area contributed by atoms with Crippen molar-refractivity contribution in [3.8, 4) is 22.9 Å². The maximum atomic E-state index is 13.4. The van der Waals surface area contributed by atoms with Crippen LogP contribution >= 0.6 is 0 Å². The van der Waals surface area contributed by atoms with Gasteiger partial charge in [-0.15, -0.1) is 0 Å². The molecule has 0 saturated carbocycles. The fraction of sp³-hybridized carbons (Fsp3) is 0.333. The zero-order valence-electron chi connectivity index (χ0n) is 18.5. The Balaban J connectivity index is 1.36. The molecule has 1 amide bonds. The van der Waals surface area contributed by atoms with Gasteiger partial charge < -0.3 is 19.3 Å². The molecule has 5 rings (SSSR count). The average Bonchev–Trinajstić information content (AvgIpc) is 3.19. The monoisotopic (exact) mass is 449 g/mol. The number of aromatic nitrogens is 3. The lowest BCUT2D eigenvalue weighted by molar-refractivity contribution is 0.0996. The van der Waals surface area contributed by atoms with Crippen LogP contribution in [0.5, 0.6) is 11.6 Å². The molecule has 170 valence electrons. The smallest absolute Gasteiger partial charge is 0.260 e. The Labute approximate surface area is 191 Å². The van der Waals surface area contributed by atoms with E-state index >= 15 is 0 Å². The van der Waals surface area contributed by atoms with Gasteiger partial charge in [0.25, 0.3) is 11.8 Å². The van der Waals surface area contributed by atoms with Crippen LogP contribution in [0.1, 0.15) is 28.9 Å². The summed E-state index contributed by atoms with van der Waals surface area (Å²) >= 11 is 0. The second-order valence-corrected chi connectivity index (χ2v) is 8.05. The minimum Gasteiger partial charge on any atom is -0.491 e. The number of rotatable bonds is 5. The lowest BCUT2D eigenvalue weighted by Crippen LogP contribution is -2.34. The van der Waals surface area contributed by atoms with Crippen molar-refractivity contribution in [3.05, 3.63) is 54.0 Å². The van der Waals surface area contributed by atoms with E-state index in [2.05, 4.69) is 14.9 Å². The van der Waals surface area contributed by atoms with Crippen LogP contribution in [-0.4, -0.2) is 54.3 Å². The molecule has 0 aromatic carbocycles. The molecule has 33 heavy (non-hydrogen) atoms. The Hall–Kier alpha value is -3.75. The number of anilines is 2. The molecule has 1 saturated heterocycles.